The molecule has 218 valence electrons. The van der Waals surface area contributed by atoms with Gasteiger partial charge in [0.1, 0.15) is 11.5 Å². The van der Waals surface area contributed by atoms with Crippen molar-refractivity contribution in [3.63, 3.8) is 0 Å². The van der Waals surface area contributed by atoms with Crippen molar-refractivity contribution < 1.29 is 30.8 Å². The van der Waals surface area contributed by atoms with Crippen LogP contribution in [0, 0.1) is 17.2 Å². The molecular formula is C30H24ClF4N3O3S. The van der Waals surface area contributed by atoms with Crippen LogP contribution in [-0.4, -0.2) is 34.2 Å². The number of nitrogens with zero attached hydrogens (tertiary/aromatic N) is 3. The number of hydrogen-bond acceptors (Lipinski definition) is 5. The zero-order valence-electron chi connectivity index (χ0n) is 22.0. The largest absolute Gasteiger partial charge is 0.416 e. The van der Waals surface area contributed by atoms with Gasteiger partial charge in [0.25, 0.3) is 0 Å². The lowest BCUT2D eigenvalue weighted by atomic mass is 9.56. The van der Waals surface area contributed by atoms with Gasteiger partial charge in [-0.2, -0.15) is 18.3 Å². The first-order valence-corrected chi connectivity index (χ1v) is 15.2. The molecule has 6 rings (SSSR count). The predicted molar refractivity (Wildman–Crippen MR) is 147 cm³/mol. The summed E-state index contributed by atoms with van der Waals surface area (Å²) < 4.78 is 83.5. The van der Waals surface area contributed by atoms with E-state index in [2.05, 4.69) is 10.1 Å². The summed E-state index contributed by atoms with van der Waals surface area (Å²) in [5.74, 6) is -1.42. The van der Waals surface area contributed by atoms with Gasteiger partial charge in [-0.1, -0.05) is 17.7 Å². The van der Waals surface area contributed by atoms with E-state index in [4.69, 9.17) is 11.6 Å². The third kappa shape index (κ3) is 4.92. The highest BCUT2D eigenvalue weighted by atomic mass is 35.5. The molecule has 0 amide bonds. The Balaban J connectivity index is 1.45. The normalized spacial score (nSPS) is 22.3. The van der Waals surface area contributed by atoms with Crippen molar-refractivity contribution in [2.75, 3.05) is 0 Å². The first-order valence-electron chi connectivity index (χ1n) is 13.3. The molecule has 3 atom stereocenters. The number of pyridine rings is 1. The van der Waals surface area contributed by atoms with Crippen LogP contribution >= 0.6 is 11.6 Å². The summed E-state index contributed by atoms with van der Waals surface area (Å²) in [5, 5.41) is 3.76. The quantitative estimate of drug-likeness (QED) is 0.184. The lowest BCUT2D eigenvalue weighted by Crippen LogP contribution is -2.51. The lowest BCUT2D eigenvalue weighted by molar-refractivity contribution is -0.137. The fraction of sp³-hybridized carbons (Fsp3) is 0.300. The van der Waals surface area contributed by atoms with E-state index >= 15 is 0 Å². The number of Topliss-reactive ketones (excluding diaryl/α,β-unsaturated/α-hetero) is 1. The molecule has 0 spiro atoms. The molecule has 2 heterocycles. The third-order valence-electron chi connectivity index (χ3n) is 8.52. The van der Waals surface area contributed by atoms with Gasteiger partial charge in [0, 0.05) is 22.3 Å². The minimum absolute atomic E-state index is 0.0267. The van der Waals surface area contributed by atoms with Gasteiger partial charge in [-0.05, 0) is 98.2 Å². The number of aromatic nitrogens is 3. The van der Waals surface area contributed by atoms with Crippen molar-refractivity contribution in [1.82, 2.24) is 14.8 Å². The van der Waals surface area contributed by atoms with Crippen LogP contribution in [0.5, 0.6) is 0 Å². The van der Waals surface area contributed by atoms with Crippen molar-refractivity contribution in [3.8, 4) is 5.69 Å². The van der Waals surface area contributed by atoms with Crippen LogP contribution in [0.15, 0.2) is 78.0 Å². The molecule has 4 aromatic rings. The number of benzene rings is 2. The number of ketones is 1. The summed E-state index contributed by atoms with van der Waals surface area (Å²) in [7, 11) is -3.93. The Labute approximate surface area is 244 Å². The van der Waals surface area contributed by atoms with Crippen molar-refractivity contribution in [1.29, 1.82) is 0 Å². The Bertz CT molecular complexity index is 1790. The summed E-state index contributed by atoms with van der Waals surface area (Å²) in [6, 6.07) is 13.2. The number of alkyl halides is 3. The average Bonchev–Trinajstić information content (AvgIpc) is 3.37. The number of fused-ring (bicyclic) bond motifs is 2. The Morgan fingerprint density at radius 2 is 1.81 bits per heavy atom. The molecule has 0 radical (unpaired) electrons. The minimum atomic E-state index is -4.68. The zero-order chi connectivity index (χ0) is 29.9. The van der Waals surface area contributed by atoms with Gasteiger partial charge in [0.05, 0.1) is 27.6 Å². The van der Waals surface area contributed by atoms with Crippen molar-refractivity contribution >= 4 is 27.2 Å². The summed E-state index contributed by atoms with van der Waals surface area (Å²) in [5.41, 5.74) is -0.610. The number of sulfone groups is 1. The lowest BCUT2D eigenvalue weighted by Gasteiger charge is -2.48. The monoisotopic (exact) mass is 617 g/mol. The number of carbonyl (C=O) groups excluding carboxylic acids is 1. The summed E-state index contributed by atoms with van der Waals surface area (Å²) >= 11 is 6.08. The SMILES string of the molecule is O=C(c1cc(C(F)(F)F)ccn1)[C@]12Cc3cnn(-c4ccc(F)cc4)c3CC1CC[C@H](S(=O)(=O)c1cccc(Cl)c1)C2. The maximum absolute atomic E-state index is 14.3. The summed E-state index contributed by atoms with van der Waals surface area (Å²) in [6.07, 6.45) is -1.24. The van der Waals surface area contributed by atoms with E-state index < -0.39 is 49.8 Å². The molecule has 2 aliphatic carbocycles. The molecule has 1 saturated carbocycles. The van der Waals surface area contributed by atoms with E-state index in [1.54, 1.807) is 29.1 Å². The smallest absolute Gasteiger partial charge is 0.292 e. The fourth-order valence-corrected chi connectivity index (χ4v) is 8.61. The highest BCUT2D eigenvalue weighted by molar-refractivity contribution is 7.92. The van der Waals surface area contributed by atoms with Crippen LogP contribution in [0.3, 0.4) is 0 Å². The van der Waals surface area contributed by atoms with Crippen molar-refractivity contribution in [3.05, 3.63) is 106 Å². The van der Waals surface area contributed by atoms with Gasteiger partial charge < -0.3 is 0 Å². The minimum Gasteiger partial charge on any atom is -0.292 e. The molecule has 42 heavy (non-hydrogen) atoms. The van der Waals surface area contributed by atoms with Crippen LogP contribution in [0.25, 0.3) is 5.69 Å². The van der Waals surface area contributed by atoms with Crippen LogP contribution in [0.1, 0.15) is 46.6 Å². The second kappa shape index (κ2) is 10.3. The van der Waals surface area contributed by atoms with Crippen molar-refractivity contribution in [2.24, 2.45) is 11.3 Å². The Morgan fingerprint density at radius 3 is 2.52 bits per heavy atom. The van der Waals surface area contributed by atoms with Crippen LogP contribution < -0.4 is 0 Å². The van der Waals surface area contributed by atoms with Crippen molar-refractivity contribution in [2.45, 2.75) is 48.4 Å². The average molecular weight is 618 g/mol. The van der Waals surface area contributed by atoms with Crippen LogP contribution in [-0.2, 0) is 28.9 Å². The Kier molecular flexibility index (Phi) is 7.00. The molecule has 1 fully saturated rings. The maximum Gasteiger partial charge on any atom is 0.416 e. The molecule has 0 aliphatic heterocycles. The van der Waals surface area contributed by atoms with E-state index in [1.165, 1.54) is 30.3 Å². The molecule has 2 aliphatic rings. The molecule has 1 unspecified atom stereocenters. The molecule has 12 heteroatoms. The van der Waals surface area contributed by atoms with Gasteiger partial charge in [-0.3, -0.25) is 9.78 Å². The number of rotatable bonds is 5. The second-order valence-electron chi connectivity index (χ2n) is 10.9. The highest BCUT2D eigenvalue weighted by Crippen LogP contribution is 2.53. The van der Waals surface area contributed by atoms with E-state index in [0.29, 0.717) is 24.1 Å². The van der Waals surface area contributed by atoms with Crippen LogP contribution in [0.4, 0.5) is 17.6 Å². The molecule has 0 N–H and O–H groups in total. The summed E-state index contributed by atoms with van der Waals surface area (Å²) in [4.78, 5) is 18.3. The molecule has 0 bridgehead atoms. The Morgan fingerprint density at radius 1 is 1.05 bits per heavy atom. The molecule has 2 aromatic carbocycles. The van der Waals surface area contributed by atoms with Crippen LogP contribution in [0.2, 0.25) is 5.02 Å². The topological polar surface area (TPSA) is 81.9 Å². The molecule has 6 nitrogen and oxygen atoms in total. The maximum atomic E-state index is 14.3. The van der Waals surface area contributed by atoms with E-state index in [0.717, 1.165) is 24.0 Å². The number of hydrogen-bond donors (Lipinski definition) is 0. The second-order valence-corrected chi connectivity index (χ2v) is 13.6. The van der Waals surface area contributed by atoms with E-state index in [1.807, 2.05) is 0 Å². The molecule has 0 saturated heterocycles. The Hall–Kier alpha value is -3.57. The van der Waals surface area contributed by atoms with E-state index in [9.17, 15) is 30.8 Å². The fourth-order valence-electron chi connectivity index (χ4n) is 6.45. The van der Waals surface area contributed by atoms with Gasteiger partial charge in [-0.15, -0.1) is 0 Å². The van der Waals surface area contributed by atoms with Gasteiger partial charge >= 0.3 is 6.18 Å². The first-order chi connectivity index (χ1) is 19.9. The number of carbonyl (C=O) groups is 1. The van der Waals surface area contributed by atoms with Gasteiger partial charge in [0.15, 0.2) is 15.6 Å². The highest BCUT2D eigenvalue weighted by Gasteiger charge is 2.55. The third-order valence-corrected chi connectivity index (χ3v) is 10.9. The summed E-state index contributed by atoms with van der Waals surface area (Å²) in [6.45, 7) is 0. The van der Waals surface area contributed by atoms with Gasteiger partial charge in [-0.25, -0.2) is 17.5 Å². The standard InChI is InChI=1S/C30H24ClF4N3O3S/c31-21-2-1-3-24(14-21)42(40,41)25-9-4-19-13-27-18(17-37-38(27)23-7-5-22(32)6-8-23)15-29(19,16-25)28(39)26-12-20(10-11-36-26)30(33,34)35/h1-3,5-8,10-12,14,17,19,25H,4,9,13,15-16H2/t19?,25-,29-/m0/s1. The first kappa shape index (κ1) is 28.5. The molecule has 2 aromatic heterocycles. The van der Waals surface area contributed by atoms with E-state index in [-0.39, 0.29) is 34.9 Å². The zero-order valence-corrected chi connectivity index (χ0v) is 23.6. The molecular weight excluding hydrogens is 594 g/mol. The predicted octanol–water partition coefficient (Wildman–Crippen LogP) is 6.69. The van der Waals surface area contributed by atoms with Gasteiger partial charge in [0.2, 0.25) is 0 Å². The number of halogens is 5.